The van der Waals surface area contributed by atoms with Crippen LogP contribution in [0.15, 0.2) is 24.5 Å². The SMILES string of the molecule is CCCCn1ncc2cccnc21. The normalized spacial score (nSPS) is 10.8. The minimum atomic E-state index is 0.969. The molecule has 0 fully saturated rings. The van der Waals surface area contributed by atoms with Gasteiger partial charge in [0.05, 0.1) is 6.20 Å². The van der Waals surface area contributed by atoms with Crippen molar-refractivity contribution in [2.45, 2.75) is 26.3 Å². The summed E-state index contributed by atoms with van der Waals surface area (Å²) in [6.07, 6.45) is 6.03. The molecule has 0 N–H and O–H groups in total. The lowest BCUT2D eigenvalue weighted by molar-refractivity contribution is 0.584. The maximum Gasteiger partial charge on any atom is 0.157 e. The Balaban J connectivity index is 2.35. The van der Waals surface area contributed by atoms with Crippen molar-refractivity contribution in [3.8, 4) is 0 Å². The molecular weight excluding hydrogens is 162 g/mol. The molecule has 0 saturated heterocycles. The number of nitrogens with zero attached hydrogens (tertiary/aromatic N) is 3. The van der Waals surface area contributed by atoms with Crippen LogP contribution in [-0.2, 0) is 6.54 Å². The molecule has 2 rings (SSSR count). The Labute approximate surface area is 77.4 Å². The highest BCUT2D eigenvalue weighted by atomic mass is 15.3. The number of hydrogen-bond acceptors (Lipinski definition) is 2. The van der Waals surface area contributed by atoms with Crippen LogP contribution in [0.25, 0.3) is 11.0 Å². The van der Waals surface area contributed by atoms with Gasteiger partial charge in [0.25, 0.3) is 0 Å². The van der Waals surface area contributed by atoms with Crippen LogP contribution >= 0.6 is 0 Å². The molecule has 13 heavy (non-hydrogen) atoms. The average molecular weight is 175 g/mol. The fraction of sp³-hybridized carbons (Fsp3) is 0.400. The molecule has 0 aliphatic carbocycles. The third-order valence-corrected chi connectivity index (χ3v) is 2.12. The number of fused-ring (bicyclic) bond motifs is 1. The van der Waals surface area contributed by atoms with E-state index in [4.69, 9.17) is 0 Å². The minimum absolute atomic E-state index is 0.969. The zero-order chi connectivity index (χ0) is 9.10. The maximum atomic E-state index is 4.29. The van der Waals surface area contributed by atoms with Crippen molar-refractivity contribution >= 4 is 11.0 Å². The Hall–Kier alpha value is -1.38. The first-order valence-electron chi connectivity index (χ1n) is 4.68. The molecule has 0 aliphatic heterocycles. The Bertz CT molecular complexity index is 392. The van der Waals surface area contributed by atoms with Gasteiger partial charge in [-0.15, -0.1) is 0 Å². The molecule has 68 valence electrons. The quantitative estimate of drug-likeness (QED) is 0.716. The molecule has 0 radical (unpaired) electrons. The second-order valence-corrected chi connectivity index (χ2v) is 3.14. The summed E-state index contributed by atoms with van der Waals surface area (Å²) in [5.74, 6) is 0. The first kappa shape index (κ1) is 8.23. The second kappa shape index (κ2) is 3.56. The van der Waals surface area contributed by atoms with Crippen molar-refractivity contribution < 1.29 is 0 Å². The molecule has 0 saturated carbocycles. The highest BCUT2D eigenvalue weighted by Crippen LogP contribution is 2.09. The largest absolute Gasteiger partial charge is 0.247 e. The van der Waals surface area contributed by atoms with Crippen LogP contribution in [0.2, 0.25) is 0 Å². The first-order valence-corrected chi connectivity index (χ1v) is 4.68. The molecule has 0 amide bonds. The number of hydrogen-bond donors (Lipinski definition) is 0. The summed E-state index contributed by atoms with van der Waals surface area (Å²) in [6.45, 7) is 3.15. The van der Waals surface area contributed by atoms with Crippen molar-refractivity contribution in [2.75, 3.05) is 0 Å². The number of unbranched alkanes of at least 4 members (excludes halogenated alkanes) is 1. The molecule has 0 unspecified atom stereocenters. The lowest BCUT2D eigenvalue weighted by atomic mass is 10.3. The molecule has 0 bridgehead atoms. The van der Waals surface area contributed by atoms with Crippen molar-refractivity contribution in [2.24, 2.45) is 0 Å². The van der Waals surface area contributed by atoms with E-state index >= 15 is 0 Å². The van der Waals surface area contributed by atoms with Gasteiger partial charge in [0, 0.05) is 18.1 Å². The molecular formula is C10H13N3. The van der Waals surface area contributed by atoms with Gasteiger partial charge in [-0.05, 0) is 18.6 Å². The predicted molar refractivity (Wildman–Crippen MR) is 52.4 cm³/mol. The zero-order valence-electron chi connectivity index (χ0n) is 7.77. The Morgan fingerprint density at radius 2 is 2.38 bits per heavy atom. The zero-order valence-corrected chi connectivity index (χ0v) is 7.77. The van der Waals surface area contributed by atoms with Gasteiger partial charge < -0.3 is 0 Å². The number of aromatic nitrogens is 3. The summed E-state index contributed by atoms with van der Waals surface area (Å²) < 4.78 is 1.97. The monoisotopic (exact) mass is 175 g/mol. The van der Waals surface area contributed by atoms with E-state index in [-0.39, 0.29) is 0 Å². The van der Waals surface area contributed by atoms with Crippen molar-refractivity contribution in [3.63, 3.8) is 0 Å². The summed E-state index contributed by atoms with van der Waals surface area (Å²) in [4.78, 5) is 4.29. The Morgan fingerprint density at radius 3 is 3.23 bits per heavy atom. The summed E-state index contributed by atoms with van der Waals surface area (Å²) >= 11 is 0. The number of aryl methyl sites for hydroxylation is 1. The summed E-state index contributed by atoms with van der Waals surface area (Å²) in [7, 11) is 0. The molecule has 0 atom stereocenters. The van der Waals surface area contributed by atoms with Crippen LogP contribution in [0, 0.1) is 0 Å². The fourth-order valence-electron chi connectivity index (χ4n) is 1.38. The molecule has 0 aliphatic rings. The van der Waals surface area contributed by atoms with Crippen LogP contribution in [0.1, 0.15) is 19.8 Å². The number of pyridine rings is 1. The number of rotatable bonds is 3. The molecule has 2 heterocycles. The third-order valence-electron chi connectivity index (χ3n) is 2.12. The Morgan fingerprint density at radius 1 is 1.46 bits per heavy atom. The molecule has 2 aromatic rings. The maximum absolute atomic E-state index is 4.29. The summed E-state index contributed by atoms with van der Waals surface area (Å²) in [6, 6.07) is 3.98. The van der Waals surface area contributed by atoms with E-state index in [2.05, 4.69) is 17.0 Å². The highest BCUT2D eigenvalue weighted by Gasteiger charge is 2.00. The van der Waals surface area contributed by atoms with Gasteiger partial charge in [0.1, 0.15) is 0 Å². The highest BCUT2D eigenvalue weighted by molar-refractivity contribution is 5.73. The van der Waals surface area contributed by atoms with E-state index in [0.717, 1.165) is 24.0 Å². The van der Waals surface area contributed by atoms with E-state index < -0.39 is 0 Å². The van der Waals surface area contributed by atoms with Crippen molar-refractivity contribution in [3.05, 3.63) is 24.5 Å². The topological polar surface area (TPSA) is 30.7 Å². The molecule has 3 heteroatoms. The molecule has 0 spiro atoms. The van der Waals surface area contributed by atoms with Crippen LogP contribution in [0.3, 0.4) is 0 Å². The van der Waals surface area contributed by atoms with Gasteiger partial charge in [0.2, 0.25) is 0 Å². The molecule has 0 aromatic carbocycles. The van der Waals surface area contributed by atoms with Gasteiger partial charge in [-0.3, -0.25) is 0 Å². The first-order chi connectivity index (χ1) is 6.42. The van der Waals surface area contributed by atoms with Gasteiger partial charge in [-0.25, -0.2) is 9.67 Å². The van der Waals surface area contributed by atoms with E-state index in [1.807, 2.05) is 29.2 Å². The minimum Gasteiger partial charge on any atom is -0.247 e. The van der Waals surface area contributed by atoms with Crippen LogP contribution in [0.5, 0.6) is 0 Å². The summed E-state index contributed by atoms with van der Waals surface area (Å²) in [5, 5.41) is 5.41. The van der Waals surface area contributed by atoms with E-state index in [9.17, 15) is 0 Å². The Kier molecular flexibility index (Phi) is 2.25. The van der Waals surface area contributed by atoms with Gasteiger partial charge in [-0.1, -0.05) is 13.3 Å². The standard InChI is InChI=1S/C10H13N3/c1-2-3-7-13-10-9(8-12-13)5-4-6-11-10/h4-6,8H,2-3,7H2,1H3. The lowest BCUT2D eigenvalue weighted by Crippen LogP contribution is -2.00. The van der Waals surface area contributed by atoms with Crippen LogP contribution < -0.4 is 0 Å². The predicted octanol–water partition coefficient (Wildman–Crippen LogP) is 2.23. The van der Waals surface area contributed by atoms with Gasteiger partial charge >= 0.3 is 0 Å². The lowest BCUT2D eigenvalue weighted by Gasteiger charge is -1.99. The van der Waals surface area contributed by atoms with Crippen molar-refractivity contribution in [1.82, 2.24) is 14.8 Å². The van der Waals surface area contributed by atoms with Crippen LogP contribution in [0.4, 0.5) is 0 Å². The smallest absolute Gasteiger partial charge is 0.157 e. The summed E-state index contributed by atoms with van der Waals surface area (Å²) in [5.41, 5.74) is 0.996. The molecule has 2 aromatic heterocycles. The van der Waals surface area contributed by atoms with E-state index in [1.54, 1.807) is 0 Å². The van der Waals surface area contributed by atoms with Crippen molar-refractivity contribution in [1.29, 1.82) is 0 Å². The molecule has 3 nitrogen and oxygen atoms in total. The average Bonchev–Trinajstić information content (AvgIpc) is 2.58. The van der Waals surface area contributed by atoms with Crippen LogP contribution in [-0.4, -0.2) is 14.8 Å². The third kappa shape index (κ3) is 1.54. The fourth-order valence-corrected chi connectivity index (χ4v) is 1.38. The van der Waals surface area contributed by atoms with Gasteiger partial charge in [0.15, 0.2) is 5.65 Å². The van der Waals surface area contributed by atoms with E-state index in [0.29, 0.717) is 0 Å². The van der Waals surface area contributed by atoms with Gasteiger partial charge in [-0.2, -0.15) is 5.10 Å². The second-order valence-electron chi connectivity index (χ2n) is 3.14. The van der Waals surface area contributed by atoms with E-state index in [1.165, 1.54) is 6.42 Å².